The van der Waals surface area contributed by atoms with Crippen molar-refractivity contribution in [1.82, 2.24) is 5.32 Å². The zero-order valence-electron chi connectivity index (χ0n) is 14.2. The second kappa shape index (κ2) is 8.88. The fourth-order valence-electron chi connectivity index (χ4n) is 2.36. The van der Waals surface area contributed by atoms with Crippen molar-refractivity contribution in [2.75, 3.05) is 11.4 Å². The second-order valence-corrected chi connectivity index (χ2v) is 6.54. The number of hydrogen-bond acceptors (Lipinski definition) is 2. The molecule has 2 aromatic rings. The van der Waals surface area contributed by atoms with Crippen molar-refractivity contribution in [3.05, 3.63) is 63.6 Å². The lowest BCUT2D eigenvalue weighted by atomic mass is 10.1. The van der Waals surface area contributed by atoms with Gasteiger partial charge in [0.1, 0.15) is 0 Å². The molecule has 0 atom stereocenters. The van der Waals surface area contributed by atoms with Gasteiger partial charge in [0.15, 0.2) is 0 Å². The van der Waals surface area contributed by atoms with E-state index in [1.807, 2.05) is 31.2 Å². The SMILES string of the molecule is CC(=O)N(CCC(=O)NCc1ccc(C)cc1)c1cccc(Cl)c1Cl. The van der Waals surface area contributed by atoms with Crippen LogP contribution in [-0.2, 0) is 16.1 Å². The maximum Gasteiger partial charge on any atom is 0.223 e. The average Bonchev–Trinajstić information content (AvgIpc) is 2.58. The summed E-state index contributed by atoms with van der Waals surface area (Å²) in [5.74, 6) is -0.333. The molecule has 2 aromatic carbocycles. The van der Waals surface area contributed by atoms with Gasteiger partial charge in [-0.15, -0.1) is 0 Å². The molecule has 0 unspecified atom stereocenters. The molecule has 0 bridgehead atoms. The van der Waals surface area contributed by atoms with Crippen LogP contribution in [0.2, 0.25) is 10.0 Å². The maximum atomic E-state index is 12.1. The van der Waals surface area contributed by atoms with Crippen LogP contribution in [0, 0.1) is 6.92 Å². The fourth-order valence-corrected chi connectivity index (χ4v) is 2.75. The Kier molecular flexibility index (Phi) is 6.85. The Labute approximate surface area is 157 Å². The molecule has 0 aromatic heterocycles. The Morgan fingerprint density at radius 1 is 1.08 bits per heavy atom. The number of halogens is 2. The minimum Gasteiger partial charge on any atom is -0.352 e. The van der Waals surface area contributed by atoms with Gasteiger partial charge in [0.25, 0.3) is 0 Å². The van der Waals surface area contributed by atoms with Gasteiger partial charge in [-0.2, -0.15) is 0 Å². The van der Waals surface area contributed by atoms with Crippen LogP contribution < -0.4 is 10.2 Å². The highest BCUT2D eigenvalue weighted by atomic mass is 35.5. The average molecular weight is 379 g/mol. The minimum atomic E-state index is -0.199. The summed E-state index contributed by atoms with van der Waals surface area (Å²) >= 11 is 12.2. The molecule has 0 radical (unpaired) electrons. The highest BCUT2D eigenvalue weighted by Gasteiger charge is 2.17. The van der Waals surface area contributed by atoms with E-state index in [9.17, 15) is 9.59 Å². The summed E-state index contributed by atoms with van der Waals surface area (Å²) in [4.78, 5) is 25.5. The van der Waals surface area contributed by atoms with Crippen molar-refractivity contribution in [1.29, 1.82) is 0 Å². The Hall–Kier alpha value is -2.04. The molecule has 6 heteroatoms. The summed E-state index contributed by atoms with van der Waals surface area (Å²) in [6.45, 7) is 4.13. The number of amides is 2. The van der Waals surface area contributed by atoms with Gasteiger partial charge in [0.05, 0.1) is 15.7 Å². The van der Waals surface area contributed by atoms with Crippen LogP contribution in [0.3, 0.4) is 0 Å². The van der Waals surface area contributed by atoms with Gasteiger partial charge in [0.2, 0.25) is 11.8 Å². The van der Waals surface area contributed by atoms with Crippen molar-refractivity contribution in [3.63, 3.8) is 0 Å². The van der Waals surface area contributed by atoms with Crippen molar-refractivity contribution in [2.45, 2.75) is 26.8 Å². The molecule has 0 heterocycles. The largest absolute Gasteiger partial charge is 0.352 e. The van der Waals surface area contributed by atoms with Crippen molar-refractivity contribution >= 4 is 40.7 Å². The Morgan fingerprint density at radius 3 is 2.40 bits per heavy atom. The Morgan fingerprint density at radius 2 is 1.76 bits per heavy atom. The van der Waals surface area contributed by atoms with Crippen LogP contribution in [0.5, 0.6) is 0 Å². The van der Waals surface area contributed by atoms with Gasteiger partial charge in [-0.3, -0.25) is 9.59 Å². The molecular formula is C19H20Cl2N2O2. The van der Waals surface area contributed by atoms with Gasteiger partial charge in [0, 0.05) is 26.4 Å². The summed E-state index contributed by atoms with van der Waals surface area (Å²) in [6.07, 6.45) is 0.175. The standard InChI is InChI=1S/C19H20Cl2N2O2/c1-13-6-8-15(9-7-13)12-22-18(25)10-11-23(14(2)24)17-5-3-4-16(20)19(17)21/h3-9H,10-12H2,1-2H3,(H,22,25). The number of nitrogens with zero attached hydrogens (tertiary/aromatic N) is 1. The lowest BCUT2D eigenvalue weighted by molar-refractivity contribution is -0.121. The van der Waals surface area contributed by atoms with Gasteiger partial charge in [-0.05, 0) is 24.6 Å². The second-order valence-electron chi connectivity index (χ2n) is 5.76. The summed E-state index contributed by atoms with van der Waals surface area (Å²) in [5, 5.41) is 3.53. The molecular weight excluding hydrogens is 359 g/mol. The van der Waals surface area contributed by atoms with Crippen LogP contribution >= 0.6 is 23.2 Å². The summed E-state index contributed by atoms with van der Waals surface area (Å²) in [5.41, 5.74) is 2.71. The summed E-state index contributed by atoms with van der Waals surface area (Å²) in [6, 6.07) is 13.0. The molecule has 0 aliphatic rings. The first-order valence-corrected chi connectivity index (χ1v) is 8.68. The van der Waals surface area contributed by atoms with Crippen molar-refractivity contribution in [3.8, 4) is 0 Å². The first kappa shape index (κ1) is 19.3. The fraction of sp³-hybridized carbons (Fsp3) is 0.263. The third kappa shape index (κ3) is 5.48. The lowest BCUT2D eigenvalue weighted by Crippen LogP contribution is -2.34. The zero-order chi connectivity index (χ0) is 18.4. The number of rotatable bonds is 6. The molecule has 0 spiro atoms. The van der Waals surface area contributed by atoms with E-state index in [1.165, 1.54) is 17.4 Å². The van der Waals surface area contributed by atoms with Crippen LogP contribution in [0.25, 0.3) is 0 Å². The summed E-state index contributed by atoms with van der Waals surface area (Å²) < 4.78 is 0. The molecule has 1 N–H and O–H groups in total. The Bertz CT molecular complexity index is 761. The highest BCUT2D eigenvalue weighted by Crippen LogP contribution is 2.32. The van der Waals surface area contributed by atoms with E-state index in [2.05, 4.69) is 5.32 Å². The predicted octanol–water partition coefficient (Wildman–Crippen LogP) is 4.36. The van der Waals surface area contributed by atoms with E-state index in [0.717, 1.165) is 5.56 Å². The zero-order valence-corrected chi connectivity index (χ0v) is 15.7. The smallest absolute Gasteiger partial charge is 0.223 e. The first-order valence-electron chi connectivity index (χ1n) is 7.93. The van der Waals surface area contributed by atoms with Crippen LogP contribution in [-0.4, -0.2) is 18.4 Å². The van der Waals surface area contributed by atoms with E-state index >= 15 is 0 Å². The van der Waals surface area contributed by atoms with Gasteiger partial charge >= 0.3 is 0 Å². The molecule has 132 valence electrons. The number of carbonyl (C=O) groups excluding carboxylic acids is 2. The number of nitrogens with one attached hydrogen (secondary N) is 1. The molecule has 2 amide bonds. The molecule has 0 fully saturated rings. The highest BCUT2D eigenvalue weighted by molar-refractivity contribution is 6.44. The molecule has 0 aliphatic carbocycles. The third-order valence-corrected chi connectivity index (χ3v) is 4.58. The van der Waals surface area contributed by atoms with E-state index < -0.39 is 0 Å². The monoisotopic (exact) mass is 378 g/mol. The number of aryl methyl sites for hydroxylation is 1. The first-order chi connectivity index (χ1) is 11.9. The number of benzene rings is 2. The number of hydrogen-bond donors (Lipinski definition) is 1. The molecule has 4 nitrogen and oxygen atoms in total. The van der Waals surface area contributed by atoms with Crippen LogP contribution in [0.1, 0.15) is 24.5 Å². The lowest BCUT2D eigenvalue weighted by Gasteiger charge is -2.22. The molecule has 25 heavy (non-hydrogen) atoms. The molecule has 0 saturated heterocycles. The van der Waals surface area contributed by atoms with E-state index in [4.69, 9.17) is 23.2 Å². The molecule has 0 saturated carbocycles. The van der Waals surface area contributed by atoms with Crippen molar-refractivity contribution in [2.24, 2.45) is 0 Å². The summed E-state index contributed by atoms with van der Waals surface area (Å²) in [7, 11) is 0. The van der Waals surface area contributed by atoms with Gasteiger partial charge < -0.3 is 10.2 Å². The van der Waals surface area contributed by atoms with Gasteiger partial charge in [-0.25, -0.2) is 0 Å². The van der Waals surface area contributed by atoms with Crippen LogP contribution in [0.15, 0.2) is 42.5 Å². The third-order valence-electron chi connectivity index (χ3n) is 3.77. The maximum absolute atomic E-state index is 12.1. The van der Waals surface area contributed by atoms with E-state index in [0.29, 0.717) is 22.3 Å². The normalized spacial score (nSPS) is 10.4. The minimum absolute atomic E-state index is 0.134. The van der Waals surface area contributed by atoms with Crippen LogP contribution in [0.4, 0.5) is 5.69 Å². The van der Waals surface area contributed by atoms with Crippen molar-refractivity contribution < 1.29 is 9.59 Å². The van der Waals surface area contributed by atoms with Gasteiger partial charge in [-0.1, -0.05) is 59.1 Å². The number of anilines is 1. The topological polar surface area (TPSA) is 49.4 Å². The van der Waals surface area contributed by atoms with E-state index in [-0.39, 0.29) is 24.8 Å². The predicted molar refractivity (Wildman–Crippen MR) is 102 cm³/mol. The number of carbonyl (C=O) groups is 2. The molecule has 0 aliphatic heterocycles. The van der Waals surface area contributed by atoms with E-state index in [1.54, 1.807) is 18.2 Å². The Balaban J connectivity index is 1.94. The molecule has 2 rings (SSSR count). The quantitative estimate of drug-likeness (QED) is 0.811.